The molecule has 1 atom stereocenters. The van der Waals surface area contributed by atoms with Gasteiger partial charge in [-0.3, -0.25) is 4.99 Å². The van der Waals surface area contributed by atoms with Gasteiger partial charge < -0.3 is 20.4 Å². The molecule has 2 heterocycles. The van der Waals surface area contributed by atoms with Crippen LogP contribution < -0.4 is 10.6 Å². The predicted molar refractivity (Wildman–Crippen MR) is 95.6 cm³/mol. The SMILES string of the molecule is CN=C(NCc1ccsc1)NCC(C)CN1CCN(C)CC1. The van der Waals surface area contributed by atoms with E-state index in [9.17, 15) is 0 Å². The Balaban J connectivity index is 1.64. The molecule has 1 fully saturated rings. The number of piperazine rings is 1. The Bertz CT molecular complexity index is 437. The van der Waals surface area contributed by atoms with E-state index in [2.05, 4.69) is 56.2 Å². The van der Waals surface area contributed by atoms with Crippen molar-refractivity contribution in [1.29, 1.82) is 0 Å². The van der Waals surface area contributed by atoms with Crippen LogP contribution in [0.1, 0.15) is 12.5 Å². The molecule has 0 aliphatic carbocycles. The van der Waals surface area contributed by atoms with Crippen molar-refractivity contribution in [2.75, 3.05) is 53.4 Å². The van der Waals surface area contributed by atoms with E-state index in [1.54, 1.807) is 11.3 Å². The highest BCUT2D eigenvalue weighted by molar-refractivity contribution is 7.07. The first-order chi connectivity index (χ1) is 10.7. The van der Waals surface area contributed by atoms with Crippen LogP contribution in [0.3, 0.4) is 0 Å². The van der Waals surface area contributed by atoms with E-state index < -0.39 is 0 Å². The van der Waals surface area contributed by atoms with Gasteiger partial charge in [0.25, 0.3) is 0 Å². The molecule has 0 bridgehead atoms. The molecule has 0 saturated carbocycles. The summed E-state index contributed by atoms with van der Waals surface area (Å²) in [5.41, 5.74) is 1.30. The molecule has 2 rings (SSSR count). The lowest BCUT2D eigenvalue weighted by molar-refractivity contribution is 0.139. The second kappa shape index (κ2) is 9.12. The quantitative estimate of drug-likeness (QED) is 0.612. The van der Waals surface area contributed by atoms with Crippen molar-refractivity contribution in [3.63, 3.8) is 0 Å². The number of thiophene rings is 1. The van der Waals surface area contributed by atoms with E-state index in [4.69, 9.17) is 0 Å². The fourth-order valence-electron chi connectivity index (χ4n) is 2.61. The molecule has 0 amide bonds. The number of nitrogens with zero attached hydrogens (tertiary/aromatic N) is 3. The third-order valence-electron chi connectivity index (χ3n) is 4.05. The number of aliphatic imine (C=N–C) groups is 1. The van der Waals surface area contributed by atoms with Gasteiger partial charge >= 0.3 is 0 Å². The molecule has 22 heavy (non-hydrogen) atoms. The topological polar surface area (TPSA) is 42.9 Å². The minimum atomic E-state index is 0.614. The summed E-state index contributed by atoms with van der Waals surface area (Å²) in [6.07, 6.45) is 0. The molecule has 2 N–H and O–H groups in total. The molecule has 0 radical (unpaired) electrons. The third-order valence-corrected chi connectivity index (χ3v) is 4.78. The van der Waals surface area contributed by atoms with Gasteiger partial charge in [-0.05, 0) is 35.4 Å². The number of rotatable bonds is 6. The lowest BCUT2D eigenvalue weighted by Gasteiger charge is -2.34. The molecule has 1 unspecified atom stereocenters. The molecular weight excluding hydrogens is 294 g/mol. The standard InChI is InChI=1S/C16H29N5S/c1-14(12-21-7-5-20(3)6-8-21)10-18-16(17-2)19-11-15-4-9-22-13-15/h4,9,13-14H,5-8,10-12H2,1-3H3,(H2,17,18,19). The second-order valence-corrected chi connectivity index (χ2v) is 6.93. The molecule has 1 saturated heterocycles. The van der Waals surface area contributed by atoms with Crippen molar-refractivity contribution in [2.24, 2.45) is 10.9 Å². The van der Waals surface area contributed by atoms with Gasteiger partial charge in [0.15, 0.2) is 5.96 Å². The van der Waals surface area contributed by atoms with Crippen LogP contribution in [0.2, 0.25) is 0 Å². The summed E-state index contributed by atoms with van der Waals surface area (Å²) < 4.78 is 0. The molecule has 1 aliphatic rings. The van der Waals surface area contributed by atoms with Crippen LogP contribution in [0.25, 0.3) is 0 Å². The zero-order chi connectivity index (χ0) is 15.8. The Morgan fingerprint density at radius 3 is 2.73 bits per heavy atom. The van der Waals surface area contributed by atoms with E-state index in [1.807, 2.05) is 7.05 Å². The maximum absolute atomic E-state index is 4.29. The monoisotopic (exact) mass is 323 g/mol. The van der Waals surface area contributed by atoms with Gasteiger partial charge in [0.1, 0.15) is 0 Å². The van der Waals surface area contributed by atoms with E-state index >= 15 is 0 Å². The lowest BCUT2D eigenvalue weighted by atomic mass is 10.1. The highest BCUT2D eigenvalue weighted by atomic mass is 32.1. The summed E-state index contributed by atoms with van der Waals surface area (Å²) in [5, 5.41) is 11.1. The Kier molecular flexibility index (Phi) is 7.15. The molecular formula is C16H29N5S. The molecule has 1 aromatic heterocycles. The van der Waals surface area contributed by atoms with Crippen LogP contribution in [-0.4, -0.2) is 69.1 Å². The van der Waals surface area contributed by atoms with Crippen LogP contribution in [0, 0.1) is 5.92 Å². The summed E-state index contributed by atoms with van der Waals surface area (Å²) in [7, 11) is 4.03. The molecule has 124 valence electrons. The largest absolute Gasteiger partial charge is 0.356 e. The van der Waals surface area contributed by atoms with E-state index in [-0.39, 0.29) is 0 Å². The Morgan fingerprint density at radius 2 is 2.09 bits per heavy atom. The number of hydrogen-bond donors (Lipinski definition) is 2. The lowest BCUT2D eigenvalue weighted by Crippen LogP contribution is -2.47. The Hall–Kier alpha value is -1.11. The Labute approximate surface area is 138 Å². The number of nitrogens with one attached hydrogen (secondary N) is 2. The summed E-state index contributed by atoms with van der Waals surface area (Å²) in [5.74, 6) is 1.50. The Morgan fingerprint density at radius 1 is 1.32 bits per heavy atom. The van der Waals surface area contributed by atoms with Crippen LogP contribution in [0.15, 0.2) is 21.8 Å². The highest BCUT2D eigenvalue weighted by Crippen LogP contribution is 2.05. The maximum Gasteiger partial charge on any atom is 0.191 e. The molecule has 5 nitrogen and oxygen atoms in total. The zero-order valence-corrected chi connectivity index (χ0v) is 14.8. The van der Waals surface area contributed by atoms with Gasteiger partial charge in [-0.25, -0.2) is 0 Å². The highest BCUT2D eigenvalue weighted by Gasteiger charge is 2.16. The maximum atomic E-state index is 4.29. The first kappa shape index (κ1) is 17.2. The van der Waals surface area contributed by atoms with Gasteiger partial charge in [-0.1, -0.05) is 6.92 Å². The minimum Gasteiger partial charge on any atom is -0.356 e. The van der Waals surface area contributed by atoms with Crippen molar-refractivity contribution in [2.45, 2.75) is 13.5 Å². The predicted octanol–water partition coefficient (Wildman–Crippen LogP) is 1.30. The van der Waals surface area contributed by atoms with E-state index in [1.165, 1.54) is 31.7 Å². The first-order valence-corrected chi connectivity index (χ1v) is 8.98. The smallest absolute Gasteiger partial charge is 0.191 e. The second-order valence-electron chi connectivity index (χ2n) is 6.15. The number of likely N-dealkylation sites (N-methyl/N-ethyl adjacent to an activating group) is 1. The fourth-order valence-corrected chi connectivity index (χ4v) is 3.27. The first-order valence-electron chi connectivity index (χ1n) is 8.04. The van der Waals surface area contributed by atoms with Crippen LogP contribution in [-0.2, 0) is 6.54 Å². The molecule has 1 aromatic rings. The average molecular weight is 324 g/mol. The number of hydrogen-bond acceptors (Lipinski definition) is 4. The van der Waals surface area contributed by atoms with Crippen molar-refractivity contribution in [3.05, 3.63) is 22.4 Å². The van der Waals surface area contributed by atoms with Gasteiger partial charge in [-0.2, -0.15) is 11.3 Å². The number of guanidine groups is 1. The van der Waals surface area contributed by atoms with Gasteiger partial charge in [0.05, 0.1) is 0 Å². The normalized spacial score (nSPS) is 19.1. The van der Waals surface area contributed by atoms with E-state index in [0.29, 0.717) is 5.92 Å². The molecule has 6 heteroatoms. The van der Waals surface area contributed by atoms with Crippen LogP contribution >= 0.6 is 11.3 Å². The van der Waals surface area contributed by atoms with E-state index in [0.717, 1.165) is 25.6 Å². The van der Waals surface area contributed by atoms with Gasteiger partial charge in [-0.15, -0.1) is 0 Å². The van der Waals surface area contributed by atoms with Crippen LogP contribution in [0.4, 0.5) is 0 Å². The van der Waals surface area contributed by atoms with Crippen molar-refractivity contribution < 1.29 is 0 Å². The summed E-state index contributed by atoms with van der Waals surface area (Å²) in [6.45, 7) is 9.98. The zero-order valence-electron chi connectivity index (χ0n) is 14.0. The molecule has 1 aliphatic heterocycles. The summed E-state index contributed by atoms with van der Waals surface area (Å²) in [6, 6.07) is 2.14. The van der Waals surface area contributed by atoms with Crippen molar-refractivity contribution >= 4 is 17.3 Å². The molecule has 0 spiro atoms. The third kappa shape index (κ3) is 5.94. The summed E-state index contributed by atoms with van der Waals surface area (Å²) in [4.78, 5) is 9.26. The average Bonchev–Trinajstić information content (AvgIpc) is 3.03. The minimum absolute atomic E-state index is 0.614. The van der Waals surface area contributed by atoms with Gasteiger partial charge in [0, 0.05) is 52.9 Å². The summed E-state index contributed by atoms with van der Waals surface area (Å²) >= 11 is 1.73. The molecule has 0 aromatic carbocycles. The van der Waals surface area contributed by atoms with Crippen molar-refractivity contribution in [3.8, 4) is 0 Å². The van der Waals surface area contributed by atoms with Crippen LogP contribution in [0.5, 0.6) is 0 Å². The van der Waals surface area contributed by atoms with Gasteiger partial charge in [0.2, 0.25) is 0 Å². The van der Waals surface area contributed by atoms with Crippen molar-refractivity contribution in [1.82, 2.24) is 20.4 Å². The fraction of sp³-hybridized carbons (Fsp3) is 0.688.